The van der Waals surface area contributed by atoms with Crippen molar-refractivity contribution in [2.45, 2.75) is 37.4 Å². The Kier molecular flexibility index (Phi) is 7.59. The highest BCUT2D eigenvalue weighted by Crippen LogP contribution is 2.32. The molecule has 1 aliphatic rings. The molecule has 180 valence electrons. The van der Waals surface area contributed by atoms with Gasteiger partial charge in [-0.05, 0) is 37.6 Å². The van der Waals surface area contributed by atoms with E-state index in [0.717, 1.165) is 23.4 Å². The van der Waals surface area contributed by atoms with Gasteiger partial charge in [0.25, 0.3) is 0 Å². The van der Waals surface area contributed by atoms with Gasteiger partial charge in [-0.1, -0.05) is 6.92 Å². The second-order valence-electron chi connectivity index (χ2n) is 7.92. The van der Waals surface area contributed by atoms with Crippen LogP contribution in [0.5, 0.6) is 17.4 Å². The lowest BCUT2D eigenvalue weighted by atomic mass is 10.1. The maximum atomic E-state index is 11.6. The van der Waals surface area contributed by atoms with Crippen LogP contribution in [0.25, 0.3) is 11.3 Å². The Morgan fingerprint density at radius 2 is 1.97 bits per heavy atom. The Balaban J connectivity index is 1.63. The van der Waals surface area contributed by atoms with Crippen LogP contribution in [0, 0.1) is 0 Å². The van der Waals surface area contributed by atoms with Gasteiger partial charge in [-0.2, -0.15) is 0 Å². The Labute approximate surface area is 201 Å². The lowest BCUT2D eigenvalue weighted by Crippen LogP contribution is -2.17. The minimum absolute atomic E-state index is 0.155. The zero-order chi connectivity index (χ0) is 24.1. The molecule has 1 N–H and O–H groups in total. The second kappa shape index (κ2) is 10.8. The lowest BCUT2D eigenvalue weighted by molar-refractivity contribution is 0.0920. The van der Waals surface area contributed by atoms with E-state index in [4.69, 9.17) is 18.9 Å². The minimum Gasteiger partial charge on any atom is -0.488 e. The number of ether oxygens (including phenoxy) is 4. The molecule has 4 rings (SSSR count). The maximum Gasteiger partial charge on any atom is 0.237 e. The fourth-order valence-electron chi connectivity index (χ4n) is 3.44. The number of nitrogens with one attached hydrogen (secondary N) is 1. The van der Waals surface area contributed by atoms with Gasteiger partial charge in [-0.25, -0.2) is 15.0 Å². The van der Waals surface area contributed by atoms with Crippen molar-refractivity contribution < 1.29 is 23.2 Å². The minimum atomic E-state index is -1.21. The van der Waals surface area contributed by atoms with Crippen molar-refractivity contribution in [3.8, 4) is 28.6 Å². The summed E-state index contributed by atoms with van der Waals surface area (Å²) in [6.45, 7) is 5.07. The molecule has 3 aromatic rings. The molecule has 1 aliphatic heterocycles. The molecule has 2 aromatic heterocycles. The molecule has 3 heterocycles. The van der Waals surface area contributed by atoms with Crippen LogP contribution in [0.3, 0.4) is 0 Å². The standard InChI is InChI=1S/C24H28N4O5S/c1-5-17-14-31-24(27-17)21-7-6-20(28-21)16-8-18(32-15(2)13-30-3)10-19(9-16)33-22-11-26-23(12-25-22)34(4)29/h6-12,15,17,28H,5,13-14H2,1-4H3/t15-,17?,34?/m0/s1. The highest BCUT2D eigenvalue weighted by atomic mass is 32.2. The Hall–Kier alpha value is -3.24. The molecule has 2 unspecified atom stereocenters. The summed E-state index contributed by atoms with van der Waals surface area (Å²) in [5.41, 5.74) is 2.54. The van der Waals surface area contributed by atoms with Crippen LogP contribution in [-0.2, 0) is 20.3 Å². The van der Waals surface area contributed by atoms with Crippen LogP contribution in [0.1, 0.15) is 26.0 Å². The van der Waals surface area contributed by atoms with Gasteiger partial charge in [-0.3, -0.25) is 4.21 Å². The van der Waals surface area contributed by atoms with E-state index in [1.165, 1.54) is 12.4 Å². The average Bonchev–Trinajstić information content (AvgIpc) is 3.49. The Bertz CT molecular complexity index is 1180. The van der Waals surface area contributed by atoms with Crippen LogP contribution < -0.4 is 9.47 Å². The molecule has 0 saturated carbocycles. The number of rotatable bonds is 10. The predicted molar refractivity (Wildman–Crippen MR) is 129 cm³/mol. The van der Waals surface area contributed by atoms with Crippen LogP contribution in [0.2, 0.25) is 0 Å². The molecular formula is C24H28N4O5S. The normalized spacial score (nSPS) is 17.1. The largest absolute Gasteiger partial charge is 0.488 e. The van der Waals surface area contributed by atoms with Crippen LogP contribution >= 0.6 is 0 Å². The average molecular weight is 485 g/mol. The van der Waals surface area contributed by atoms with Gasteiger partial charge in [0, 0.05) is 30.7 Å². The van der Waals surface area contributed by atoms with Gasteiger partial charge in [0.15, 0.2) is 0 Å². The summed E-state index contributed by atoms with van der Waals surface area (Å²) in [4.78, 5) is 16.3. The zero-order valence-electron chi connectivity index (χ0n) is 19.6. The zero-order valence-corrected chi connectivity index (χ0v) is 20.4. The van der Waals surface area contributed by atoms with Gasteiger partial charge in [0.1, 0.15) is 34.9 Å². The molecule has 0 bridgehead atoms. The summed E-state index contributed by atoms with van der Waals surface area (Å²) >= 11 is 0. The second-order valence-corrected chi connectivity index (χ2v) is 9.25. The van der Waals surface area contributed by atoms with Crippen molar-refractivity contribution in [2.24, 2.45) is 4.99 Å². The third-order valence-electron chi connectivity index (χ3n) is 5.15. The van der Waals surface area contributed by atoms with Gasteiger partial charge in [0.05, 0.1) is 35.8 Å². The third kappa shape index (κ3) is 5.81. The number of aromatic nitrogens is 3. The van der Waals surface area contributed by atoms with E-state index >= 15 is 0 Å². The predicted octanol–water partition coefficient (Wildman–Crippen LogP) is 3.97. The first kappa shape index (κ1) is 23.9. The Morgan fingerprint density at radius 3 is 2.65 bits per heavy atom. The summed E-state index contributed by atoms with van der Waals surface area (Å²) in [7, 11) is 0.421. The number of aromatic amines is 1. The van der Waals surface area contributed by atoms with Gasteiger partial charge in [0.2, 0.25) is 11.8 Å². The van der Waals surface area contributed by atoms with Crippen molar-refractivity contribution >= 4 is 16.7 Å². The molecule has 1 aromatic carbocycles. The Morgan fingerprint density at radius 1 is 1.18 bits per heavy atom. The van der Waals surface area contributed by atoms with Gasteiger partial charge in [-0.15, -0.1) is 0 Å². The topological polar surface area (TPSA) is 108 Å². The first-order valence-corrected chi connectivity index (χ1v) is 12.5. The lowest BCUT2D eigenvalue weighted by Gasteiger charge is -2.16. The SMILES string of the molecule is CCC1COC(c2ccc(-c3cc(Oc4cnc(S(C)=O)cn4)cc(O[C@@H](C)COC)c3)[nH]2)=N1. The van der Waals surface area contributed by atoms with Gasteiger partial charge < -0.3 is 23.9 Å². The number of methoxy groups -OCH3 is 1. The number of benzene rings is 1. The van der Waals surface area contributed by atoms with E-state index in [1.54, 1.807) is 19.4 Å². The van der Waals surface area contributed by atoms with Gasteiger partial charge >= 0.3 is 0 Å². The van der Waals surface area contributed by atoms with Crippen molar-refractivity contribution in [3.63, 3.8) is 0 Å². The quantitative estimate of drug-likeness (QED) is 0.464. The number of hydrogen-bond acceptors (Lipinski definition) is 8. The highest BCUT2D eigenvalue weighted by molar-refractivity contribution is 7.84. The monoisotopic (exact) mass is 484 g/mol. The summed E-state index contributed by atoms with van der Waals surface area (Å²) in [5.74, 6) is 2.05. The first-order valence-electron chi connectivity index (χ1n) is 11.0. The van der Waals surface area contributed by atoms with Crippen molar-refractivity contribution in [3.05, 3.63) is 48.4 Å². The van der Waals surface area contributed by atoms with Crippen molar-refractivity contribution in [2.75, 3.05) is 26.6 Å². The summed E-state index contributed by atoms with van der Waals surface area (Å²) in [5, 5.41) is 0.389. The fraction of sp³-hybridized carbons (Fsp3) is 0.375. The summed E-state index contributed by atoms with van der Waals surface area (Å²) in [6.07, 6.45) is 5.22. The van der Waals surface area contributed by atoms with Crippen molar-refractivity contribution in [1.29, 1.82) is 0 Å². The molecule has 0 saturated heterocycles. The highest BCUT2D eigenvalue weighted by Gasteiger charge is 2.20. The molecule has 34 heavy (non-hydrogen) atoms. The van der Waals surface area contributed by atoms with Crippen LogP contribution in [-0.4, -0.2) is 63.8 Å². The van der Waals surface area contributed by atoms with Crippen LogP contribution in [0.15, 0.2) is 52.7 Å². The number of nitrogens with zero attached hydrogens (tertiary/aromatic N) is 3. The molecule has 3 atom stereocenters. The molecule has 0 radical (unpaired) electrons. The van der Waals surface area contributed by atoms with Crippen molar-refractivity contribution in [1.82, 2.24) is 15.0 Å². The van der Waals surface area contributed by atoms with E-state index in [9.17, 15) is 4.21 Å². The van der Waals surface area contributed by atoms with E-state index < -0.39 is 10.8 Å². The first-order chi connectivity index (χ1) is 16.4. The number of hydrogen-bond donors (Lipinski definition) is 1. The van der Waals surface area contributed by atoms with Crippen LogP contribution in [0.4, 0.5) is 0 Å². The van der Waals surface area contributed by atoms with E-state index in [1.807, 2.05) is 31.2 Å². The molecular weight excluding hydrogens is 456 g/mol. The molecule has 9 nitrogen and oxygen atoms in total. The summed E-state index contributed by atoms with van der Waals surface area (Å²) < 4.78 is 34.5. The third-order valence-corrected chi connectivity index (χ3v) is 5.95. The smallest absolute Gasteiger partial charge is 0.237 e. The molecule has 10 heteroatoms. The molecule has 0 fully saturated rings. The fourth-order valence-corrected chi connectivity index (χ4v) is 3.84. The molecule has 0 aliphatic carbocycles. The maximum absolute atomic E-state index is 11.6. The summed E-state index contributed by atoms with van der Waals surface area (Å²) in [6, 6.07) is 9.69. The molecule has 0 amide bonds. The van der Waals surface area contributed by atoms with E-state index in [0.29, 0.717) is 35.6 Å². The molecule has 0 spiro atoms. The number of aliphatic imine (C=N–C) groups is 1. The van der Waals surface area contributed by atoms with E-state index in [2.05, 4.69) is 26.9 Å². The number of H-pyrrole nitrogens is 1. The van der Waals surface area contributed by atoms with E-state index in [-0.39, 0.29) is 18.0 Å².